The van der Waals surface area contributed by atoms with Crippen molar-refractivity contribution in [3.05, 3.63) is 40.0 Å². The number of benzene rings is 1. The van der Waals surface area contributed by atoms with E-state index in [1.807, 2.05) is 49.9 Å². The molecule has 1 aromatic carbocycles. The van der Waals surface area contributed by atoms with Crippen LogP contribution < -0.4 is 0 Å². The first-order valence-electron chi connectivity index (χ1n) is 8.94. The van der Waals surface area contributed by atoms with Gasteiger partial charge in [-0.15, -0.1) is 11.3 Å². The van der Waals surface area contributed by atoms with E-state index in [-0.39, 0.29) is 6.09 Å². The number of nitrogens with zero attached hydrogens (tertiary/aromatic N) is 2. The SMILES string of the molecule is Cc1nc(C2CCN(C(=O)OC(C)(C)C)CC2)sc1-c1ccc(Cl)cc1. The van der Waals surface area contributed by atoms with Gasteiger partial charge in [-0.25, -0.2) is 9.78 Å². The number of hydrogen-bond acceptors (Lipinski definition) is 4. The van der Waals surface area contributed by atoms with Crippen molar-refractivity contribution >= 4 is 29.0 Å². The van der Waals surface area contributed by atoms with Gasteiger partial charge in [0, 0.05) is 24.0 Å². The predicted octanol–water partition coefficient (Wildman–Crippen LogP) is 5.89. The largest absolute Gasteiger partial charge is 0.444 e. The van der Waals surface area contributed by atoms with Crippen molar-refractivity contribution in [3.8, 4) is 10.4 Å². The third-order valence-electron chi connectivity index (χ3n) is 4.42. The summed E-state index contributed by atoms with van der Waals surface area (Å²) >= 11 is 7.75. The number of piperidine rings is 1. The molecule has 0 unspecified atom stereocenters. The number of carbonyl (C=O) groups is 1. The van der Waals surface area contributed by atoms with Crippen molar-refractivity contribution in [3.63, 3.8) is 0 Å². The molecule has 0 aliphatic carbocycles. The van der Waals surface area contributed by atoms with Gasteiger partial charge in [0.2, 0.25) is 0 Å². The second-order valence-corrected chi connectivity index (χ2v) is 9.18. The Labute approximate surface area is 164 Å². The van der Waals surface area contributed by atoms with E-state index in [0.29, 0.717) is 19.0 Å². The third kappa shape index (κ3) is 4.57. The first-order chi connectivity index (χ1) is 12.2. The lowest BCUT2D eigenvalue weighted by atomic mass is 9.98. The van der Waals surface area contributed by atoms with Gasteiger partial charge in [-0.3, -0.25) is 0 Å². The van der Waals surface area contributed by atoms with Gasteiger partial charge in [-0.05, 0) is 58.2 Å². The first kappa shape index (κ1) is 19.2. The van der Waals surface area contributed by atoms with Crippen LogP contribution in [0.2, 0.25) is 5.02 Å². The Morgan fingerprint density at radius 2 is 1.85 bits per heavy atom. The summed E-state index contributed by atoms with van der Waals surface area (Å²) in [6.07, 6.45) is 1.63. The molecule has 1 amide bonds. The van der Waals surface area contributed by atoms with Gasteiger partial charge in [0.05, 0.1) is 15.6 Å². The molecule has 0 bridgehead atoms. The van der Waals surface area contributed by atoms with Crippen LogP contribution in [0.1, 0.15) is 50.2 Å². The van der Waals surface area contributed by atoms with Crippen LogP contribution in [-0.2, 0) is 4.74 Å². The highest BCUT2D eigenvalue weighted by atomic mass is 35.5. The molecule has 3 rings (SSSR count). The predicted molar refractivity (Wildman–Crippen MR) is 107 cm³/mol. The van der Waals surface area contributed by atoms with Crippen LogP contribution in [0.15, 0.2) is 24.3 Å². The van der Waals surface area contributed by atoms with Gasteiger partial charge < -0.3 is 9.64 Å². The molecule has 140 valence electrons. The average molecular weight is 393 g/mol. The van der Waals surface area contributed by atoms with E-state index in [0.717, 1.165) is 34.1 Å². The highest BCUT2D eigenvalue weighted by Crippen LogP contribution is 2.37. The molecule has 2 heterocycles. The minimum Gasteiger partial charge on any atom is -0.444 e. The highest BCUT2D eigenvalue weighted by Gasteiger charge is 2.29. The number of ether oxygens (including phenoxy) is 1. The molecule has 1 aromatic heterocycles. The second kappa shape index (κ2) is 7.57. The zero-order chi connectivity index (χ0) is 18.9. The lowest BCUT2D eigenvalue weighted by molar-refractivity contribution is 0.0205. The van der Waals surface area contributed by atoms with Crippen molar-refractivity contribution in [1.82, 2.24) is 9.88 Å². The number of halogens is 1. The molecular formula is C20H25ClN2O2S. The number of aryl methyl sites for hydroxylation is 1. The van der Waals surface area contributed by atoms with Crippen molar-refractivity contribution in [2.75, 3.05) is 13.1 Å². The van der Waals surface area contributed by atoms with Crippen molar-refractivity contribution in [2.45, 2.75) is 52.1 Å². The van der Waals surface area contributed by atoms with Crippen LogP contribution in [0, 0.1) is 6.92 Å². The fourth-order valence-corrected chi connectivity index (χ4v) is 4.46. The van der Waals surface area contributed by atoms with E-state index in [4.69, 9.17) is 21.3 Å². The van der Waals surface area contributed by atoms with E-state index >= 15 is 0 Å². The molecule has 0 N–H and O–H groups in total. The summed E-state index contributed by atoms with van der Waals surface area (Å²) < 4.78 is 5.47. The van der Waals surface area contributed by atoms with E-state index in [1.165, 1.54) is 4.88 Å². The van der Waals surface area contributed by atoms with Crippen LogP contribution in [0.5, 0.6) is 0 Å². The molecule has 1 saturated heterocycles. The van der Waals surface area contributed by atoms with Crippen LogP contribution in [0.3, 0.4) is 0 Å². The van der Waals surface area contributed by atoms with Gasteiger partial charge in [0.1, 0.15) is 5.60 Å². The molecule has 0 saturated carbocycles. The maximum absolute atomic E-state index is 12.2. The number of hydrogen-bond donors (Lipinski definition) is 0. The monoisotopic (exact) mass is 392 g/mol. The molecule has 0 spiro atoms. The van der Waals surface area contributed by atoms with Gasteiger partial charge >= 0.3 is 6.09 Å². The molecule has 1 aliphatic heterocycles. The average Bonchev–Trinajstić information content (AvgIpc) is 2.96. The van der Waals surface area contributed by atoms with E-state index < -0.39 is 5.60 Å². The normalized spacial score (nSPS) is 16.0. The number of carbonyl (C=O) groups excluding carboxylic acids is 1. The fraction of sp³-hybridized carbons (Fsp3) is 0.500. The topological polar surface area (TPSA) is 42.4 Å². The summed E-state index contributed by atoms with van der Waals surface area (Å²) in [5, 5.41) is 1.90. The van der Waals surface area contributed by atoms with Gasteiger partial charge in [-0.1, -0.05) is 23.7 Å². The number of thiazole rings is 1. The number of rotatable bonds is 2. The zero-order valence-electron chi connectivity index (χ0n) is 15.7. The van der Waals surface area contributed by atoms with Crippen LogP contribution in [0.25, 0.3) is 10.4 Å². The summed E-state index contributed by atoms with van der Waals surface area (Å²) in [5.74, 6) is 0.401. The van der Waals surface area contributed by atoms with E-state index in [1.54, 1.807) is 11.3 Å². The molecule has 2 aromatic rings. The Morgan fingerprint density at radius 1 is 1.23 bits per heavy atom. The Balaban J connectivity index is 1.66. The summed E-state index contributed by atoms with van der Waals surface area (Å²) in [6.45, 7) is 9.18. The number of likely N-dealkylation sites (tertiary alicyclic amines) is 1. The maximum Gasteiger partial charge on any atom is 0.410 e. The number of aromatic nitrogens is 1. The van der Waals surface area contributed by atoms with Gasteiger partial charge in [-0.2, -0.15) is 0 Å². The van der Waals surface area contributed by atoms with Crippen LogP contribution >= 0.6 is 22.9 Å². The maximum atomic E-state index is 12.2. The fourth-order valence-electron chi connectivity index (χ4n) is 3.10. The van der Waals surface area contributed by atoms with E-state index in [2.05, 4.69) is 6.92 Å². The molecule has 4 nitrogen and oxygen atoms in total. The standard InChI is InChI=1S/C20H25ClN2O2S/c1-13-17(14-5-7-16(21)8-6-14)26-18(22-13)15-9-11-23(12-10-15)19(24)25-20(2,3)4/h5-8,15H,9-12H2,1-4H3. The zero-order valence-corrected chi connectivity index (χ0v) is 17.3. The highest BCUT2D eigenvalue weighted by molar-refractivity contribution is 7.15. The number of amides is 1. The van der Waals surface area contributed by atoms with Crippen molar-refractivity contribution in [2.24, 2.45) is 0 Å². The van der Waals surface area contributed by atoms with Crippen molar-refractivity contribution in [1.29, 1.82) is 0 Å². The van der Waals surface area contributed by atoms with Crippen LogP contribution in [0.4, 0.5) is 4.79 Å². The molecule has 0 radical (unpaired) electrons. The van der Waals surface area contributed by atoms with Gasteiger partial charge in [0.25, 0.3) is 0 Å². The minimum atomic E-state index is -0.451. The molecule has 1 fully saturated rings. The smallest absolute Gasteiger partial charge is 0.410 e. The molecule has 6 heteroatoms. The third-order valence-corrected chi connectivity index (χ3v) is 6.04. The molecular weight excluding hydrogens is 368 g/mol. The first-order valence-corrected chi connectivity index (χ1v) is 10.1. The van der Waals surface area contributed by atoms with E-state index in [9.17, 15) is 4.79 Å². The summed E-state index contributed by atoms with van der Waals surface area (Å²) in [6, 6.07) is 7.90. The Hall–Kier alpha value is -1.59. The Bertz CT molecular complexity index is 772. The molecule has 0 atom stereocenters. The minimum absolute atomic E-state index is 0.215. The summed E-state index contributed by atoms with van der Waals surface area (Å²) in [7, 11) is 0. The van der Waals surface area contributed by atoms with Gasteiger partial charge in [0.15, 0.2) is 0 Å². The summed E-state index contributed by atoms with van der Waals surface area (Å²) in [4.78, 5) is 20.0. The van der Waals surface area contributed by atoms with Crippen LogP contribution in [-0.4, -0.2) is 34.7 Å². The Kier molecular flexibility index (Phi) is 5.58. The lowest BCUT2D eigenvalue weighted by Crippen LogP contribution is -2.41. The quantitative estimate of drug-likeness (QED) is 0.640. The second-order valence-electron chi connectivity index (χ2n) is 7.72. The Morgan fingerprint density at radius 3 is 2.42 bits per heavy atom. The molecule has 26 heavy (non-hydrogen) atoms. The lowest BCUT2D eigenvalue weighted by Gasteiger charge is -2.32. The molecule has 1 aliphatic rings. The summed E-state index contributed by atoms with van der Waals surface area (Å²) in [5.41, 5.74) is 1.76. The van der Waals surface area contributed by atoms with Crippen molar-refractivity contribution < 1.29 is 9.53 Å².